The summed E-state index contributed by atoms with van der Waals surface area (Å²) in [5, 5.41) is 16.5. The van der Waals surface area contributed by atoms with E-state index in [2.05, 4.69) is 10.2 Å². The number of amides is 1. The van der Waals surface area contributed by atoms with Crippen molar-refractivity contribution in [2.75, 3.05) is 20.2 Å². The van der Waals surface area contributed by atoms with E-state index in [0.29, 0.717) is 23.9 Å². The predicted molar refractivity (Wildman–Crippen MR) is 93.8 cm³/mol. The van der Waals surface area contributed by atoms with Gasteiger partial charge in [0.05, 0.1) is 18.7 Å². The predicted octanol–water partition coefficient (Wildman–Crippen LogP) is 2.27. The Morgan fingerprint density at radius 3 is 2.58 bits per heavy atom. The van der Waals surface area contributed by atoms with Crippen molar-refractivity contribution >= 4 is 11.9 Å². The van der Waals surface area contributed by atoms with Gasteiger partial charge >= 0.3 is 5.97 Å². The van der Waals surface area contributed by atoms with E-state index in [1.165, 1.54) is 0 Å². The van der Waals surface area contributed by atoms with Crippen molar-refractivity contribution < 1.29 is 19.4 Å². The molecule has 0 radical (unpaired) electrons. The third-order valence-electron chi connectivity index (χ3n) is 5.39. The van der Waals surface area contributed by atoms with Crippen LogP contribution in [0.25, 0.3) is 11.3 Å². The average molecular weight is 355 g/mol. The number of hydrogen-bond donors (Lipinski definition) is 2. The summed E-state index contributed by atoms with van der Waals surface area (Å²) in [5.41, 5.74) is 1.93. The molecule has 2 aliphatic rings. The lowest BCUT2D eigenvalue weighted by Gasteiger charge is -2.14. The van der Waals surface area contributed by atoms with E-state index in [-0.39, 0.29) is 18.4 Å². The fourth-order valence-electron chi connectivity index (χ4n) is 3.77. The molecular weight excluding hydrogens is 334 g/mol. The lowest BCUT2D eigenvalue weighted by atomic mass is 9.92. The highest BCUT2D eigenvalue weighted by molar-refractivity contribution is 5.94. The number of carbonyl (C=O) groups is 2. The maximum atomic E-state index is 12.8. The molecule has 2 aromatic rings. The largest absolute Gasteiger partial charge is 0.497 e. The summed E-state index contributed by atoms with van der Waals surface area (Å²) in [6.07, 6.45) is 2.14. The van der Waals surface area contributed by atoms with E-state index in [1.807, 2.05) is 24.3 Å². The van der Waals surface area contributed by atoms with Crippen LogP contribution in [0.1, 0.15) is 23.3 Å². The van der Waals surface area contributed by atoms with Gasteiger partial charge < -0.3 is 14.7 Å². The number of rotatable bonds is 5. The smallest absolute Gasteiger partial charge is 0.308 e. The second kappa shape index (κ2) is 6.48. The van der Waals surface area contributed by atoms with Crippen molar-refractivity contribution in [1.82, 2.24) is 15.1 Å². The molecule has 136 valence electrons. The zero-order valence-electron chi connectivity index (χ0n) is 14.5. The maximum Gasteiger partial charge on any atom is 0.308 e. The molecule has 1 aromatic heterocycles. The Balaban J connectivity index is 1.50. The van der Waals surface area contributed by atoms with Gasteiger partial charge in [0.1, 0.15) is 11.4 Å². The van der Waals surface area contributed by atoms with Gasteiger partial charge in [-0.05, 0) is 55.0 Å². The first-order chi connectivity index (χ1) is 12.6. The molecule has 0 unspecified atom stereocenters. The number of ether oxygens (including phenoxy) is 1. The summed E-state index contributed by atoms with van der Waals surface area (Å²) in [5.74, 6) is -0.183. The summed E-state index contributed by atoms with van der Waals surface area (Å²) in [4.78, 5) is 26.0. The number of carbonyl (C=O) groups excluding carboxylic acids is 1. The van der Waals surface area contributed by atoms with E-state index in [1.54, 1.807) is 18.1 Å². The molecule has 1 saturated heterocycles. The highest BCUT2D eigenvalue weighted by atomic mass is 16.5. The maximum absolute atomic E-state index is 12.8. The first-order valence-electron chi connectivity index (χ1n) is 8.78. The van der Waals surface area contributed by atoms with Crippen LogP contribution in [-0.4, -0.2) is 52.3 Å². The second-order valence-corrected chi connectivity index (χ2v) is 7.05. The molecule has 2 heterocycles. The highest BCUT2D eigenvalue weighted by Crippen LogP contribution is 2.44. The Morgan fingerprint density at radius 1 is 1.23 bits per heavy atom. The van der Waals surface area contributed by atoms with Gasteiger partial charge in [0.2, 0.25) is 0 Å². The monoisotopic (exact) mass is 355 g/mol. The molecule has 7 heteroatoms. The Hall–Kier alpha value is -2.83. The van der Waals surface area contributed by atoms with Gasteiger partial charge in [-0.2, -0.15) is 5.10 Å². The van der Waals surface area contributed by atoms with E-state index >= 15 is 0 Å². The third kappa shape index (κ3) is 3.05. The van der Waals surface area contributed by atoms with Crippen LogP contribution in [0.15, 0.2) is 30.3 Å². The number of H-pyrrole nitrogens is 1. The van der Waals surface area contributed by atoms with Gasteiger partial charge in [0, 0.05) is 18.7 Å². The summed E-state index contributed by atoms with van der Waals surface area (Å²) >= 11 is 0. The van der Waals surface area contributed by atoms with Crippen LogP contribution in [0, 0.1) is 17.8 Å². The second-order valence-electron chi connectivity index (χ2n) is 7.05. The summed E-state index contributed by atoms with van der Waals surface area (Å²) in [7, 11) is 1.61. The summed E-state index contributed by atoms with van der Waals surface area (Å²) in [6.45, 7) is 0.781. The molecular formula is C19H21N3O4. The van der Waals surface area contributed by atoms with Crippen molar-refractivity contribution in [3.63, 3.8) is 0 Å². The molecule has 1 aromatic carbocycles. The lowest BCUT2D eigenvalue weighted by Crippen LogP contribution is -2.30. The van der Waals surface area contributed by atoms with Gasteiger partial charge in [-0.15, -0.1) is 0 Å². The third-order valence-corrected chi connectivity index (χ3v) is 5.39. The lowest BCUT2D eigenvalue weighted by molar-refractivity contribution is -0.142. The van der Waals surface area contributed by atoms with Crippen LogP contribution in [0.4, 0.5) is 0 Å². The number of nitrogens with one attached hydrogen (secondary N) is 1. The summed E-state index contributed by atoms with van der Waals surface area (Å²) in [6, 6.07) is 9.14. The number of aliphatic carboxylic acids is 1. The van der Waals surface area contributed by atoms with Crippen LogP contribution in [0.5, 0.6) is 5.75 Å². The van der Waals surface area contributed by atoms with Gasteiger partial charge in [0.25, 0.3) is 5.91 Å². The van der Waals surface area contributed by atoms with E-state index in [4.69, 9.17) is 4.74 Å². The van der Waals surface area contributed by atoms with Crippen molar-refractivity contribution in [1.29, 1.82) is 0 Å². The Morgan fingerprint density at radius 2 is 1.96 bits per heavy atom. The van der Waals surface area contributed by atoms with Gasteiger partial charge in [-0.1, -0.05) is 0 Å². The molecule has 0 bridgehead atoms. The van der Waals surface area contributed by atoms with Crippen molar-refractivity contribution in [2.45, 2.75) is 12.8 Å². The molecule has 1 amide bonds. The normalized spacial score (nSPS) is 22.4. The van der Waals surface area contributed by atoms with E-state index in [9.17, 15) is 14.7 Å². The number of aromatic nitrogens is 2. The van der Waals surface area contributed by atoms with Crippen LogP contribution >= 0.6 is 0 Å². The fraction of sp³-hybridized carbons (Fsp3) is 0.421. The SMILES string of the molecule is COc1ccc(-c2cc(C(=O)N3C[C@H](C(=O)O)[C@@H](C4CC4)C3)[nH]n2)cc1. The molecule has 2 N–H and O–H groups in total. The highest BCUT2D eigenvalue weighted by Gasteiger charge is 2.47. The number of benzene rings is 1. The number of nitrogens with zero attached hydrogens (tertiary/aromatic N) is 2. The first kappa shape index (κ1) is 16.6. The first-order valence-corrected chi connectivity index (χ1v) is 8.78. The minimum atomic E-state index is -0.805. The number of aromatic amines is 1. The minimum absolute atomic E-state index is 0.0698. The van der Waals surface area contributed by atoms with Gasteiger partial charge in [-0.3, -0.25) is 14.7 Å². The molecule has 2 atom stereocenters. The van der Waals surface area contributed by atoms with Gasteiger partial charge in [-0.25, -0.2) is 0 Å². The zero-order valence-corrected chi connectivity index (χ0v) is 14.5. The van der Waals surface area contributed by atoms with Gasteiger partial charge in [0.15, 0.2) is 0 Å². The average Bonchev–Trinajstić information content (AvgIpc) is 3.21. The number of carboxylic acid groups (broad SMARTS) is 1. The quantitative estimate of drug-likeness (QED) is 0.858. The van der Waals surface area contributed by atoms with Crippen LogP contribution in [0.3, 0.4) is 0 Å². The Bertz CT molecular complexity index is 826. The minimum Gasteiger partial charge on any atom is -0.497 e. The fourth-order valence-corrected chi connectivity index (χ4v) is 3.77. The topological polar surface area (TPSA) is 95.5 Å². The van der Waals surface area contributed by atoms with E-state index in [0.717, 1.165) is 24.2 Å². The number of carboxylic acids is 1. The Labute approximate surface area is 151 Å². The standard InChI is InChI=1S/C19H21N3O4/c1-26-13-6-4-12(5-7-13)16-8-17(21-20-16)18(23)22-9-14(11-2-3-11)15(10-22)19(24)25/h4-8,11,14-15H,2-3,9-10H2,1H3,(H,20,21)(H,24,25)/t14-,15+/m1/s1. The summed E-state index contributed by atoms with van der Waals surface area (Å²) < 4.78 is 5.14. The van der Waals surface area contributed by atoms with Crippen molar-refractivity contribution in [3.05, 3.63) is 36.0 Å². The molecule has 26 heavy (non-hydrogen) atoms. The van der Waals surface area contributed by atoms with Crippen LogP contribution in [-0.2, 0) is 4.79 Å². The molecule has 1 aliphatic carbocycles. The molecule has 2 fully saturated rings. The van der Waals surface area contributed by atoms with E-state index < -0.39 is 11.9 Å². The molecule has 1 saturated carbocycles. The number of likely N-dealkylation sites (tertiary alicyclic amines) is 1. The van der Waals surface area contributed by atoms with Crippen molar-refractivity contribution in [2.24, 2.45) is 17.8 Å². The number of methoxy groups -OCH3 is 1. The molecule has 7 nitrogen and oxygen atoms in total. The Kier molecular flexibility index (Phi) is 4.14. The van der Waals surface area contributed by atoms with Crippen LogP contribution < -0.4 is 4.74 Å². The molecule has 4 rings (SSSR count). The molecule has 1 aliphatic heterocycles. The molecule has 0 spiro atoms. The number of hydrogen-bond acceptors (Lipinski definition) is 4. The van der Waals surface area contributed by atoms with Crippen molar-refractivity contribution in [3.8, 4) is 17.0 Å². The zero-order chi connectivity index (χ0) is 18.3. The van der Waals surface area contributed by atoms with Crippen LogP contribution in [0.2, 0.25) is 0 Å².